The number of amides is 2. The van der Waals surface area contributed by atoms with Gasteiger partial charge in [-0.2, -0.15) is 0 Å². The molecule has 2 aromatic rings. The van der Waals surface area contributed by atoms with E-state index in [1.807, 2.05) is 12.1 Å². The highest BCUT2D eigenvalue weighted by molar-refractivity contribution is 6.32. The van der Waals surface area contributed by atoms with Gasteiger partial charge in [0, 0.05) is 18.1 Å². The number of esters is 1. The van der Waals surface area contributed by atoms with Gasteiger partial charge in [0.25, 0.3) is 0 Å². The zero-order valence-electron chi connectivity index (χ0n) is 18.9. The van der Waals surface area contributed by atoms with Crippen LogP contribution in [0, 0.1) is 5.92 Å². The summed E-state index contributed by atoms with van der Waals surface area (Å²) in [6, 6.07) is 8.34. The van der Waals surface area contributed by atoms with Gasteiger partial charge in [-0.15, -0.1) is 0 Å². The first kappa shape index (κ1) is 25.6. The lowest BCUT2D eigenvalue weighted by Crippen LogP contribution is -2.47. The van der Waals surface area contributed by atoms with Crippen LogP contribution in [0.3, 0.4) is 0 Å². The highest BCUT2D eigenvalue weighted by Crippen LogP contribution is 2.31. The van der Waals surface area contributed by atoms with Gasteiger partial charge in [0.2, 0.25) is 11.8 Å². The average Bonchev–Trinajstić information content (AvgIpc) is 2.79. The SMILES string of the molecule is COC(=O)[C@@H](C)CNC(=O)N/C(=N\c1cnc(OC2CCC2)c(Cl)c1)NCc1ccc(Cl)cc1. The first-order valence-corrected chi connectivity index (χ1v) is 11.6. The van der Waals surface area contributed by atoms with E-state index >= 15 is 0 Å². The number of carbonyl (C=O) groups excluding carboxylic acids is 2. The highest BCUT2D eigenvalue weighted by atomic mass is 35.5. The molecule has 1 fully saturated rings. The van der Waals surface area contributed by atoms with Crippen molar-refractivity contribution in [2.45, 2.75) is 38.8 Å². The Morgan fingerprint density at radius 1 is 1.21 bits per heavy atom. The number of aliphatic imine (C=N–C) groups is 1. The van der Waals surface area contributed by atoms with Gasteiger partial charge in [-0.3, -0.25) is 10.1 Å². The summed E-state index contributed by atoms with van der Waals surface area (Å²) in [5.74, 6) is -0.378. The topological polar surface area (TPSA) is 114 Å². The lowest BCUT2D eigenvalue weighted by atomic mass is 9.96. The number of carbonyl (C=O) groups is 2. The van der Waals surface area contributed by atoms with Crippen LogP contribution in [0.25, 0.3) is 0 Å². The summed E-state index contributed by atoms with van der Waals surface area (Å²) in [4.78, 5) is 32.7. The number of aromatic nitrogens is 1. The van der Waals surface area contributed by atoms with Crippen LogP contribution in [-0.2, 0) is 16.1 Å². The zero-order valence-corrected chi connectivity index (χ0v) is 20.4. The van der Waals surface area contributed by atoms with Gasteiger partial charge in [-0.25, -0.2) is 14.8 Å². The van der Waals surface area contributed by atoms with Gasteiger partial charge in [-0.1, -0.05) is 42.3 Å². The molecule has 0 saturated heterocycles. The summed E-state index contributed by atoms with van der Waals surface area (Å²) in [5.41, 5.74) is 1.35. The molecular formula is C23H27Cl2N5O4. The molecule has 3 rings (SSSR count). The maximum absolute atomic E-state index is 12.4. The molecule has 3 N–H and O–H groups in total. The second-order valence-electron chi connectivity index (χ2n) is 7.85. The van der Waals surface area contributed by atoms with E-state index in [0.29, 0.717) is 28.2 Å². The van der Waals surface area contributed by atoms with Crippen molar-refractivity contribution in [3.8, 4) is 5.88 Å². The molecule has 1 aromatic heterocycles. The first-order valence-electron chi connectivity index (χ1n) is 10.9. The maximum atomic E-state index is 12.4. The fourth-order valence-corrected chi connectivity index (χ4v) is 3.25. The van der Waals surface area contributed by atoms with Crippen LogP contribution in [0.5, 0.6) is 5.88 Å². The van der Waals surface area contributed by atoms with Crippen molar-refractivity contribution in [1.82, 2.24) is 20.9 Å². The average molecular weight is 508 g/mol. The number of pyridine rings is 1. The Bertz CT molecular complexity index is 1030. The fraction of sp³-hybridized carbons (Fsp3) is 0.391. The molecule has 182 valence electrons. The van der Waals surface area contributed by atoms with Gasteiger partial charge in [0.15, 0.2) is 0 Å². The molecule has 1 aliphatic rings. The Labute approximate surface area is 208 Å². The number of hydrogen-bond acceptors (Lipinski definition) is 6. The third kappa shape index (κ3) is 7.78. The van der Waals surface area contributed by atoms with E-state index < -0.39 is 17.9 Å². The number of methoxy groups -OCH3 is 1. The minimum absolute atomic E-state index is 0.101. The number of nitrogens with one attached hydrogen (secondary N) is 3. The number of halogens is 2. The van der Waals surface area contributed by atoms with E-state index in [4.69, 9.17) is 27.9 Å². The molecule has 1 aromatic carbocycles. The van der Waals surface area contributed by atoms with Gasteiger partial charge < -0.3 is 20.1 Å². The minimum Gasteiger partial charge on any atom is -0.473 e. The molecule has 2 amide bonds. The molecule has 1 heterocycles. The van der Waals surface area contributed by atoms with E-state index in [1.54, 1.807) is 25.1 Å². The minimum atomic E-state index is -0.540. The van der Waals surface area contributed by atoms with Crippen LogP contribution in [0.1, 0.15) is 31.7 Å². The Morgan fingerprint density at radius 2 is 1.94 bits per heavy atom. The molecule has 34 heavy (non-hydrogen) atoms. The van der Waals surface area contributed by atoms with Crippen molar-refractivity contribution in [2.75, 3.05) is 13.7 Å². The molecule has 0 aliphatic heterocycles. The van der Waals surface area contributed by atoms with E-state index in [9.17, 15) is 9.59 Å². The molecule has 11 heteroatoms. The maximum Gasteiger partial charge on any atom is 0.321 e. The second-order valence-corrected chi connectivity index (χ2v) is 8.69. The fourth-order valence-electron chi connectivity index (χ4n) is 2.92. The Hall–Kier alpha value is -3.04. The molecule has 1 atom stereocenters. The van der Waals surface area contributed by atoms with Crippen molar-refractivity contribution in [3.63, 3.8) is 0 Å². The van der Waals surface area contributed by atoms with Gasteiger partial charge >= 0.3 is 12.0 Å². The molecular weight excluding hydrogens is 481 g/mol. The van der Waals surface area contributed by atoms with Gasteiger partial charge in [0.1, 0.15) is 11.1 Å². The number of hydrogen-bond donors (Lipinski definition) is 3. The molecule has 0 bridgehead atoms. The number of rotatable bonds is 8. The molecule has 1 saturated carbocycles. The molecule has 0 spiro atoms. The number of guanidine groups is 1. The van der Waals surface area contributed by atoms with E-state index in [1.165, 1.54) is 13.3 Å². The zero-order chi connectivity index (χ0) is 24.5. The van der Waals surface area contributed by atoms with Crippen molar-refractivity contribution < 1.29 is 19.1 Å². The predicted molar refractivity (Wildman–Crippen MR) is 131 cm³/mol. The standard InChI is InChI=1S/C23H27Cl2N5O4/c1-14(21(31)33-2)11-28-23(32)30-22(27-12-15-6-8-16(24)9-7-15)29-17-10-19(25)20(26-13-17)34-18-4-3-5-18/h6-10,13-14,18H,3-5,11-12H2,1-2H3,(H3,27,28,29,30,32)/t14-/m0/s1. The summed E-state index contributed by atoms with van der Waals surface area (Å²) in [5, 5.41) is 9.32. The Balaban J connectivity index is 1.69. The third-order valence-corrected chi connectivity index (χ3v) is 5.66. The second kappa shape index (κ2) is 12.4. The lowest BCUT2D eigenvalue weighted by Gasteiger charge is -2.26. The molecule has 9 nitrogen and oxygen atoms in total. The molecule has 0 radical (unpaired) electrons. The van der Waals surface area contributed by atoms with Crippen LogP contribution < -0.4 is 20.7 Å². The van der Waals surface area contributed by atoms with E-state index in [2.05, 4.69) is 30.7 Å². The summed E-state index contributed by atoms with van der Waals surface area (Å²) in [7, 11) is 1.30. The summed E-state index contributed by atoms with van der Waals surface area (Å²) in [6.45, 7) is 2.13. The van der Waals surface area contributed by atoms with Crippen LogP contribution >= 0.6 is 23.2 Å². The predicted octanol–water partition coefficient (Wildman–Crippen LogP) is 4.21. The van der Waals surface area contributed by atoms with Crippen LogP contribution in [0.15, 0.2) is 41.5 Å². The van der Waals surface area contributed by atoms with Crippen LogP contribution in [0.2, 0.25) is 10.0 Å². The van der Waals surface area contributed by atoms with Crippen molar-refractivity contribution >= 4 is 46.8 Å². The summed E-state index contributed by atoms with van der Waals surface area (Å²) in [6.07, 6.45) is 4.78. The van der Waals surface area contributed by atoms with Gasteiger partial charge in [0.05, 0.1) is 24.9 Å². The number of nitrogens with zero attached hydrogens (tertiary/aromatic N) is 2. The summed E-state index contributed by atoms with van der Waals surface area (Å²) < 4.78 is 10.4. The Kier molecular flexibility index (Phi) is 9.35. The quantitative estimate of drug-likeness (QED) is 0.280. The number of urea groups is 1. The van der Waals surface area contributed by atoms with Crippen LogP contribution in [-0.4, -0.2) is 42.7 Å². The van der Waals surface area contributed by atoms with E-state index in [-0.39, 0.29) is 18.6 Å². The highest BCUT2D eigenvalue weighted by Gasteiger charge is 2.21. The smallest absolute Gasteiger partial charge is 0.321 e. The van der Waals surface area contributed by atoms with Crippen molar-refractivity contribution in [3.05, 3.63) is 52.1 Å². The Morgan fingerprint density at radius 3 is 2.56 bits per heavy atom. The third-order valence-electron chi connectivity index (χ3n) is 5.14. The van der Waals surface area contributed by atoms with Crippen molar-refractivity contribution in [2.24, 2.45) is 10.9 Å². The summed E-state index contributed by atoms with van der Waals surface area (Å²) >= 11 is 12.3. The number of ether oxygens (including phenoxy) is 2. The largest absolute Gasteiger partial charge is 0.473 e. The normalized spacial score (nSPS) is 14.5. The van der Waals surface area contributed by atoms with Gasteiger partial charge in [-0.05, 0) is 43.0 Å². The van der Waals surface area contributed by atoms with E-state index in [0.717, 1.165) is 24.8 Å². The monoisotopic (exact) mass is 507 g/mol. The number of benzene rings is 1. The first-order chi connectivity index (χ1) is 16.3. The molecule has 0 unspecified atom stereocenters. The van der Waals surface area contributed by atoms with Crippen molar-refractivity contribution in [1.29, 1.82) is 0 Å². The lowest BCUT2D eigenvalue weighted by molar-refractivity contribution is -0.144. The molecule has 1 aliphatic carbocycles. The van der Waals surface area contributed by atoms with Crippen LogP contribution in [0.4, 0.5) is 10.5 Å².